The molecular weight excluding hydrogens is 300 g/mol. The maximum atomic E-state index is 12.4. The first-order valence-corrected chi connectivity index (χ1v) is 8.67. The number of piperidine rings is 1. The molecule has 2 aromatic rings. The smallest absolute Gasteiger partial charge is 0.410 e. The molecule has 4 nitrogen and oxygen atoms in total. The average molecular weight is 323 g/mol. The molecule has 4 heteroatoms. The molecule has 0 unspecified atom stereocenters. The SMILES string of the molecule is [NH3+][C@H]1CCCN(C(=O)OCC2c3ccccc3-c3ccccc32)C1. The van der Waals surface area contributed by atoms with Crippen molar-refractivity contribution in [2.75, 3.05) is 19.7 Å². The number of carbonyl (C=O) groups excluding carboxylic acids is 1. The first-order chi connectivity index (χ1) is 11.7. The first-order valence-electron chi connectivity index (χ1n) is 8.67. The van der Waals surface area contributed by atoms with Crippen LogP contribution in [0.1, 0.15) is 29.9 Å². The number of ether oxygens (including phenoxy) is 1. The number of benzene rings is 2. The lowest BCUT2D eigenvalue weighted by Crippen LogP contribution is -2.67. The summed E-state index contributed by atoms with van der Waals surface area (Å²) < 4.78 is 5.69. The minimum absolute atomic E-state index is 0.127. The lowest BCUT2D eigenvalue weighted by molar-refractivity contribution is -0.425. The monoisotopic (exact) mass is 323 g/mol. The van der Waals surface area contributed by atoms with Gasteiger partial charge in [0.05, 0.1) is 6.54 Å². The molecule has 3 N–H and O–H groups in total. The van der Waals surface area contributed by atoms with Gasteiger partial charge in [-0.15, -0.1) is 0 Å². The van der Waals surface area contributed by atoms with Crippen LogP contribution in [0, 0.1) is 0 Å². The zero-order valence-corrected chi connectivity index (χ0v) is 13.8. The molecule has 24 heavy (non-hydrogen) atoms. The van der Waals surface area contributed by atoms with Gasteiger partial charge < -0.3 is 15.4 Å². The van der Waals surface area contributed by atoms with Crippen LogP contribution in [0.5, 0.6) is 0 Å². The minimum atomic E-state index is -0.204. The van der Waals surface area contributed by atoms with E-state index in [2.05, 4.69) is 54.3 Å². The standard InChI is InChI=1S/C20H22N2O2/c21-14-6-5-11-22(12-14)20(23)24-13-19-17-9-3-1-7-15(17)16-8-2-4-10-18(16)19/h1-4,7-10,14,19H,5-6,11-13,21H2/p+1/t14-/m0/s1. The van der Waals surface area contributed by atoms with Gasteiger partial charge in [0, 0.05) is 18.9 Å². The van der Waals surface area contributed by atoms with Crippen molar-refractivity contribution in [2.24, 2.45) is 0 Å². The number of hydrogen-bond donors (Lipinski definition) is 1. The van der Waals surface area contributed by atoms with Crippen LogP contribution in [0.25, 0.3) is 11.1 Å². The van der Waals surface area contributed by atoms with Crippen molar-refractivity contribution < 1.29 is 15.3 Å². The Hall–Kier alpha value is -2.33. The van der Waals surface area contributed by atoms with Crippen LogP contribution in [-0.2, 0) is 4.74 Å². The van der Waals surface area contributed by atoms with E-state index in [-0.39, 0.29) is 12.0 Å². The largest absolute Gasteiger partial charge is 0.448 e. The average Bonchev–Trinajstić information content (AvgIpc) is 2.94. The van der Waals surface area contributed by atoms with Crippen LogP contribution in [-0.4, -0.2) is 36.7 Å². The van der Waals surface area contributed by atoms with E-state index >= 15 is 0 Å². The molecule has 2 aliphatic rings. The number of hydrogen-bond acceptors (Lipinski definition) is 2. The van der Waals surface area contributed by atoms with Crippen molar-refractivity contribution in [3.05, 3.63) is 59.7 Å². The highest BCUT2D eigenvalue weighted by Gasteiger charge is 2.30. The molecule has 1 aliphatic heterocycles. The van der Waals surface area contributed by atoms with Gasteiger partial charge in [0.2, 0.25) is 0 Å². The molecule has 1 fully saturated rings. The second-order valence-corrected chi connectivity index (χ2v) is 6.76. The van der Waals surface area contributed by atoms with E-state index in [1.165, 1.54) is 22.3 Å². The van der Waals surface area contributed by atoms with E-state index in [0.29, 0.717) is 19.2 Å². The molecule has 4 rings (SSSR count). The summed E-state index contributed by atoms with van der Waals surface area (Å²) in [7, 11) is 0. The number of amides is 1. The molecule has 0 spiro atoms. The van der Waals surface area contributed by atoms with Gasteiger partial charge in [-0.05, 0) is 28.7 Å². The van der Waals surface area contributed by atoms with Crippen LogP contribution in [0.2, 0.25) is 0 Å². The van der Waals surface area contributed by atoms with Crippen molar-refractivity contribution in [1.29, 1.82) is 0 Å². The third-order valence-corrected chi connectivity index (χ3v) is 5.11. The Morgan fingerprint density at radius 3 is 2.33 bits per heavy atom. The Balaban J connectivity index is 1.51. The topological polar surface area (TPSA) is 57.2 Å². The van der Waals surface area contributed by atoms with Crippen molar-refractivity contribution in [3.8, 4) is 11.1 Å². The Bertz CT molecular complexity index is 713. The molecule has 1 heterocycles. The Labute approximate surface area is 142 Å². The minimum Gasteiger partial charge on any atom is -0.448 e. The number of rotatable bonds is 2. The third-order valence-electron chi connectivity index (χ3n) is 5.11. The van der Waals surface area contributed by atoms with Gasteiger partial charge in [0.15, 0.2) is 0 Å². The molecule has 2 aromatic carbocycles. The summed E-state index contributed by atoms with van der Waals surface area (Å²) in [6, 6.07) is 17.1. The Morgan fingerprint density at radius 2 is 1.71 bits per heavy atom. The fourth-order valence-electron chi connectivity index (χ4n) is 3.92. The van der Waals surface area contributed by atoms with Crippen molar-refractivity contribution >= 4 is 6.09 Å². The molecule has 0 bridgehead atoms. The zero-order valence-electron chi connectivity index (χ0n) is 13.8. The van der Waals surface area contributed by atoms with E-state index in [1.54, 1.807) is 4.90 Å². The number of likely N-dealkylation sites (tertiary alicyclic amines) is 1. The number of nitrogens with zero attached hydrogens (tertiary/aromatic N) is 1. The van der Waals surface area contributed by atoms with Gasteiger partial charge in [0.1, 0.15) is 12.6 Å². The normalized spacial score (nSPS) is 19.7. The van der Waals surface area contributed by atoms with Gasteiger partial charge >= 0.3 is 6.09 Å². The van der Waals surface area contributed by atoms with Gasteiger partial charge in [-0.1, -0.05) is 48.5 Å². The van der Waals surface area contributed by atoms with E-state index < -0.39 is 0 Å². The molecule has 1 aliphatic carbocycles. The lowest BCUT2D eigenvalue weighted by Gasteiger charge is -2.28. The summed E-state index contributed by atoms with van der Waals surface area (Å²) in [4.78, 5) is 14.2. The predicted octanol–water partition coefficient (Wildman–Crippen LogP) is 2.64. The summed E-state index contributed by atoms with van der Waals surface area (Å²) in [6.07, 6.45) is 1.90. The molecule has 1 saturated heterocycles. The Kier molecular flexibility index (Phi) is 3.98. The Morgan fingerprint density at radius 1 is 1.08 bits per heavy atom. The van der Waals surface area contributed by atoms with Crippen LogP contribution in [0.15, 0.2) is 48.5 Å². The summed E-state index contributed by atoms with van der Waals surface area (Å²) in [5.74, 6) is 0.127. The van der Waals surface area contributed by atoms with E-state index in [9.17, 15) is 4.79 Å². The fourth-order valence-corrected chi connectivity index (χ4v) is 3.92. The van der Waals surface area contributed by atoms with Crippen LogP contribution in [0.4, 0.5) is 4.79 Å². The molecule has 0 saturated carbocycles. The van der Waals surface area contributed by atoms with Crippen LogP contribution >= 0.6 is 0 Å². The van der Waals surface area contributed by atoms with E-state index in [4.69, 9.17) is 4.74 Å². The van der Waals surface area contributed by atoms with Gasteiger partial charge in [-0.25, -0.2) is 4.79 Å². The fraction of sp³-hybridized carbons (Fsp3) is 0.350. The molecule has 0 radical (unpaired) electrons. The first kappa shape index (κ1) is 15.2. The highest BCUT2D eigenvalue weighted by atomic mass is 16.6. The maximum Gasteiger partial charge on any atom is 0.410 e. The van der Waals surface area contributed by atoms with Crippen molar-refractivity contribution in [1.82, 2.24) is 4.90 Å². The van der Waals surface area contributed by atoms with Gasteiger partial charge in [-0.3, -0.25) is 0 Å². The van der Waals surface area contributed by atoms with Crippen molar-refractivity contribution in [3.63, 3.8) is 0 Å². The van der Waals surface area contributed by atoms with E-state index in [0.717, 1.165) is 19.4 Å². The van der Waals surface area contributed by atoms with Crippen LogP contribution < -0.4 is 5.73 Å². The summed E-state index contributed by atoms with van der Waals surface area (Å²) in [6.45, 7) is 1.88. The molecule has 124 valence electrons. The van der Waals surface area contributed by atoms with Gasteiger partial charge in [0.25, 0.3) is 0 Å². The molecular formula is C20H23N2O2+. The number of fused-ring (bicyclic) bond motifs is 3. The lowest BCUT2D eigenvalue weighted by atomic mass is 9.98. The summed E-state index contributed by atoms with van der Waals surface area (Å²) in [5, 5.41) is 0. The second-order valence-electron chi connectivity index (χ2n) is 6.76. The second kappa shape index (κ2) is 6.29. The number of carbonyl (C=O) groups is 1. The molecule has 0 aromatic heterocycles. The summed E-state index contributed by atoms with van der Waals surface area (Å²) >= 11 is 0. The predicted molar refractivity (Wildman–Crippen MR) is 92.6 cm³/mol. The quantitative estimate of drug-likeness (QED) is 0.924. The van der Waals surface area contributed by atoms with E-state index in [1.807, 2.05) is 0 Å². The van der Waals surface area contributed by atoms with Gasteiger partial charge in [-0.2, -0.15) is 0 Å². The molecule has 1 atom stereocenters. The van der Waals surface area contributed by atoms with Crippen LogP contribution in [0.3, 0.4) is 0 Å². The van der Waals surface area contributed by atoms with Crippen molar-refractivity contribution in [2.45, 2.75) is 24.8 Å². The maximum absolute atomic E-state index is 12.4. The number of quaternary nitrogens is 1. The third kappa shape index (κ3) is 2.67. The summed E-state index contributed by atoms with van der Waals surface area (Å²) in [5.41, 5.74) is 9.09. The highest BCUT2D eigenvalue weighted by Crippen LogP contribution is 2.44. The zero-order chi connectivity index (χ0) is 16.5. The highest BCUT2D eigenvalue weighted by molar-refractivity contribution is 5.79. The molecule has 1 amide bonds.